The van der Waals surface area contributed by atoms with Gasteiger partial charge in [0, 0.05) is 42.8 Å². The van der Waals surface area contributed by atoms with Gasteiger partial charge in [-0.3, -0.25) is 14.6 Å². The number of hydrogen-bond acceptors (Lipinski definition) is 4. The number of carbonyl (C=O) groups excluding carboxylic acids is 2. The van der Waals surface area contributed by atoms with E-state index in [-0.39, 0.29) is 11.8 Å². The fourth-order valence-corrected chi connectivity index (χ4v) is 3.35. The van der Waals surface area contributed by atoms with Gasteiger partial charge < -0.3 is 15.2 Å². The van der Waals surface area contributed by atoms with Gasteiger partial charge in [-0.25, -0.2) is 4.98 Å². The van der Waals surface area contributed by atoms with Crippen molar-refractivity contribution in [2.24, 2.45) is 0 Å². The van der Waals surface area contributed by atoms with Crippen LogP contribution in [-0.4, -0.2) is 26.3 Å². The number of anilines is 1. The molecule has 0 saturated carbocycles. The van der Waals surface area contributed by atoms with E-state index in [0.29, 0.717) is 24.2 Å². The van der Waals surface area contributed by atoms with Crippen LogP contribution in [0.25, 0.3) is 0 Å². The van der Waals surface area contributed by atoms with Crippen molar-refractivity contribution in [3.63, 3.8) is 0 Å². The molecule has 2 heterocycles. The SMILES string of the molecule is O=C(CCn1ccnc1)Nc1cccc(C(=O)NC(c2ccccc2)c2ccccn2)c1. The largest absolute Gasteiger partial charge is 0.340 e. The average molecular weight is 425 g/mol. The van der Waals surface area contributed by atoms with Crippen molar-refractivity contribution in [1.82, 2.24) is 19.9 Å². The summed E-state index contributed by atoms with van der Waals surface area (Å²) in [5, 5.41) is 5.92. The molecule has 4 rings (SSSR count). The number of imidazole rings is 1. The van der Waals surface area contributed by atoms with Gasteiger partial charge in [0.2, 0.25) is 5.91 Å². The second-order valence-electron chi connectivity index (χ2n) is 7.25. The van der Waals surface area contributed by atoms with Gasteiger partial charge >= 0.3 is 0 Å². The van der Waals surface area contributed by atoms with Crippen molar-refractivity contribution in [2.75, 3.05) is 5.32 Å². The topological polar surface area (TPSA) is 88.9 Å². The van der Waals surface area contributed by atoms with Crippen LogP contribution >= 0.6 is 0 Å². The number of rotatable bonds is 8. The molecule has 2 aromatic heterocycles. The molecular formula is C25H23N5O2. The van der Waals surface area contributed by atoms with Crippen molar-refractivity contribution in [3.05, 3.63) is 115 Å². The number of carbonyl (C=O) groups is 2. The molecule has 7 heteroatoms. The number of hydrogen-bond donors (Lipinski definition) is 2. The lowest BCUT2D eigenvalue weighted by molar-refractivity contribution is -0.116. The summed E-state index contributed by atoms with van der Waals surface area (Å²) in [5.41, 5.74) is 2.70. The third kappa shape index (κ3) is 5.46. The second kappa shape index (κ2) is 10.2. The van der Waals surface area contributed by atoms with Crippen molar-refractivity contribution in [2.45, 2.75) is 19.0 Å². The summed E-state index contributed by atoms with van der Waals surface area (Å²) >= 11 is 0. The highest BCUT2D eigenvalue weighted by Crippen LogP contribution is 2.21. The Hall–Kier alpha value is -4.26. The van der Waals surface area contributed by atoms with Crippen LogP contribution in [0.5, 0.6) is 0 Å². The number of pyridine rings is 1. The highest BCUT2D eigenvalue weighted by molar-refractivity contribution is 5.97. The maximum absolute atomic E-state index is 13.1. The molecule has 0 radical (unpaired) electrons. The van der Waals surface area contributed by atoms with Gasteiger partial charge in [0.25, 0.3) is 5.91 Å². The quantitative estimate of drug-likeness (QED) is 0.449. The molecule has 32 heavy (non-hydrogen) atoms. The minimum atomic E-state index is -0.390. The first-order valence-corrected chi connectivity index (χ1v) is 10.3. The molecule has 0 aliphatic rings. The van der Waals surface area contributed by atoms with Gasteiger partial charge in [-0.05, 0) is 35.9 Å². The van der Waals surface area contributed by atoms with E-state index in [1.807, 2.05) is 59.3 Å². The lowest BCUT2D eigenvalue weighted by Gasteiger charge is -2.19. The predicted octanol–water partition coefficient (Wildman–Crippen LogP) is 3.83. The first-order valence-electron chi connectivity index (χ1n) is 10.3. The zero-order valence-electron chi connectivity index (χ0n) is 17.4. The van der Waals surface area contributed by atoms with Crippen molar-refractivity contribution in [3.8, 4) is 0 Å². The van der Waals surface area contributed by atoms with Crippen LogP contribution in [0.4, 0.5) is 5.69 Å². The summed E-state index contributed by atoms with van der Waals surface area (Å²) in [6.45, 7) is 0.537. The lowest BCUT2D eigenvalue weighted by atomic mass is 10.0. The van der Waals surface area contributed by atoms with Gasteiger partial charge in [-0.2, -0.15) is 0 Å². The van der Waals surface area contributed by atoms with E-state index in [0.717, 1.165) is 11.3 Å². The monoisotopic (exact) mass is 425 g/mol. The van der Waals surface area contributed by atoms with Gasteiger partial charge in [0.15, 0.2) is 0 Å². The Morgan fingerprint density at radius 1 is 0.938 bits per heavy atom. The standard InChI is InChI=1S/C25H23N5O2/c31-23(12-15-30-16-14-26-18-30)28-21-10-6-9-20(17-21)25(32)29-24(19-7-2-1-3-8-19)22-11-4-5-13-27-22/h1-11,13-14,16-18,24H,12,15H2,(H,28,31)(H,29,32). The summed E-state index contributed by atoms with van der Waals surface area (Å²) < 4.78 is 1.84. The summed E-state index contributed by atoms with van der Waals surface area (Å²) in [4.78, 5) is 33.7. The van der Waals surface area contributed by atoms with Crippen LogP contribution in [-0.2, 0) is 11.3 Å². The Bertz CT molecular complexity index is 1120. The van der Waals surface area contributed by atoms with Gasteiger partial charge in [-0.15, -0.1) is 0 Å². The van der Waals surface area contributed by atoms with Crippen LogP contribution in [0.15, 0.2) is 97.7 Å². The number of nitrogens with zero attached hydrogens (tertiary/aromatic N) is 3. The van der Waals surface area contributed by atoms with E-state index < -0.39 is 6.04 Å². The van der Waals surface area contributed by atoms with Gasteiger partial charge in [-0.1, -0.05) is 42.5 Å². The van der Waals surface area contributed by atoms with E-state index in [1.54, 1.807) is 43.0 Å². The molecular weight excluding hydrogens is 402 g/mol. The van der Waals surface area contributed by atoms with Crippen molar-refractivity contribution >= 4 is 17.5 Å². The van der Waals surface area contributed by atoms with Gasteiger partial charge in [0.05, 0.1) is 18.1 Å². The first-order chi connectivity index (χ1) is 15.7. The smallest absolute Gasteiger partial charge is 0.252 e. The van der Waals surface area contributed by atoms with E-state index in [2.05, 4.69) is 20.6 Å². The maximum Gasteiger partial charge on any atom is 0.252 e. The van der Waals surface area contributed by atoms with E-state index in [4.69, 9.17) is 0 Å². The highest BCUT2D eigenvalue weighted by atomic mass is 16.2. The van der Waals surface area contributed by atoms with E-state index in [1.165, 1.54) is 0 Å². The molecule has 0 fully saturated rings. The number of nitrogens with one attached hydrogen (secondary N) is 2. The molecule has 4 aromatic rings. The molecule has 1 unspecified atom stereocenters. The summed E-state index contributed by atoms with van der Waals surface area (Å²) in [6, 6.07) is 21.8. The summed E-state index contributed by atoms with van der Waals surface area (Å²) in [7, 11) is 0. The maximum atomic E-state index is 13.1. The number of benzene rings is 2. The molecule has 7 nitrogen and oxygen atoms in total. The molecule has 2 amide bonds. The third-order valence-electron chi connectivity index (χ3n) is 4.96. The molecule has 0 aliphatic heterocycles. The van der Waals surface area contributed by atoms with E-state index in [9.17, 15) is 9.59 Å². The minimum Gasteiger partial charge on any atom is -0.340 e. The first kappa shape index (κ1) is 21.0. The highest BCUT2D eigenvalue weighted by Gasteiger charge is 2.19. The Labute approximate surface area is 186 Å². The third-order valence-corrected chi connectivity index (χ3v) is 4.96. The molecule has 2 N–H and O–H groups in total. The molecule has 1 atom stereocenters. The lowest BCUT2D eigenvalue weighted by Crippen LogP contribution is -2.30. The molecule has 2 aromatic carbocycles. The van der Waals surface area contributed by atoms with Crippen LogP contribution in [0.3, 0.4) is 0 Å². The van der Waals surface area contributed by atoms with Crippen molar-refractivity contribution < 1.29 is 9.59 Å². The van der Waals surface area contributed by atoms with Crippen LogP contribution in [0, 0.1) is 0 Å². The van der Waals surface area contributed by atoms with Crippen LogP contribution in [0.1, 0.15) is 34.1 Å². The predicted molar refractivity (Wildman–Crippen MR) is 122 cm³/mol. The van der Waals surface area contributed by atoms with E-state index >= 15 is 0 Å². The molecule has 160 valence electrons. The molecule has 0 aliphatic carbocycles. The summed E-state index contributed by atoms with van der Waals surface area (Å²) in [6.07, 6.45) is 7.17. The fraction of sp³-hybridized carbons (Fsp3) is 0.120. The molecule has 0 bridgehead atoms. The number of amides is 2. The summed E-state index contributed by atoms with van der Waals surface area (Å²) in [5.74, 6) is -0.383. The Morgan fingerprint density at radius 3 is 2.53 bits per heavy atom. The minimum absolute atomic E-state index is 0.132. The van der Waals surface area contributed by atoms with Crippen molar-refractivity contribution in [1.29, 1.82) is 0 Å². The zero-order chi connectivity index (χ0) is 22.2. The Morgan fingerprint density at radius 2 is 1.78 bits per heavy atom. The normalized spacial score (nSPS) is 11.5. The number of aromatic nitrogens is 3. The average Bonchev–Trinajstić information content (AvgIpc) is 3.36. The fourth-order valence-electron chi connectivity index (χ4n) is 3.35. The Balaban J connectivity index is 1.45. The Kier molecular flexibility index (Phi) is 6.67. The van der Waals surface area contributed by atoms with Crippen LogP contribution in [0.2, 0.25) is 0 Å². The zero-order valence-corrected chi connectivity index (χ0v) is 17.4. The molecule has 0 spiro atoms. The molecule has 0 saturated heterocycles. The van der Waals surface area contributed by atoms with Crippen LogP contribution < -0.4 is 10.6 Å². The van der Waals surface area contributed by atoms with Gasteiger partial charge in [0.1, 0.15) is 0 Å². The second-order valence-corrected chi connectivity index (χ2v) is 7.25. The number of aryl methyl sites for hydroxylation is 1.